The summed E-state index contributed by atoms with van der Waals surface area (Å²) in [5.41, 5.74) is 1.20. The van der Waals surface area contributed by atoms with Crippen LogP contribution in [-0.2, 0) is 14.3 Å². The molecule has 0 aromatic heterocycles. The Morgan fingerprint density at radius 2 is 2.26 bits per heavy atom. The lowest BCUT2D eigenvalue weighted by molar-refractivity contribution is -0.137. The summed E-state index contributed by atoms with van der Waals surface area (Å²) in [6, 6.07) is 0. The molecule has 0 aromatic rings. The molecule has 4 nitrogen and oxygen atoms in total. The number of carbonyl (C=O) groups is 1. The maximum absolute atomic E-state index is 11.7. The lowest BCUT2D eigenvalue weighted by Crippen LogP contribution is -2.33. The topological polar surface area (TPSA) is 59.1 Å². The van der Waals surface area contributed by atoms with Gasteiger partial charge in [-0.25, -0.2) is 4.79 Å². The normalized spacial score (nSPS) is 45.9. The van der Waals surface area contributed by atoms with Crippen molar-refractivity contribution >= 4 is 5.97 Å². The van der Waals surface area contributed by atoms with Crippen molar-refractivity contribution in [3.8, 4) is 0 Å². The van der Waals surface area contributed by atoms with E-state index in [0.29, 0.717) is 12.0 Å². The van der Waals surface area contributed by atoms with Crippen LogP contribution in [0.3, 0.4) is 0 Å². The molecule has 0 spiro atoms. The highest BCUT2D eigenvalue weighted by atomic mass is 16.6. The number of rotatable bonds is 0. The zero-order valence-corrected chi connectivity index (χ0v) is 11.4. The molecule has 0 bridgehead atoms. The van der Waals surface area contributed by atoms with Crippen LogP contribution in [-0.4, -0.2) is 35.0 Å². The van der Waals surface area contributed by atoms with Gasteiger partial charge >= 0.3 is 5.97 Å². The molecular weight excluding hydrogens is 244 g/mol. The Balaban J connectivity index is 1.90. The molecule has 5 unspecified atom stereocenters. The quantitative estimate of drug-likeness (QED) is 0.313. The third-order valence-corrected chi connectivity index (χ3v) is 4.72. The number of carbonyl (C=O) groups excluding carboxylic acids is 1. The van der Waals surface area contributed by atoms with E-state index in [1.54, 1.807) is 0 Å². The zero-order chi connectivity index (χ0) is 13.8. The molecular formula is C15H20O4. The number of hydrogen-bond acceptors (Lipinski definition) is 4. The molecule has 2 heterocycles. The van der Waals surface area contributed by atoms with E-state index >= 15 is 0 Å². The van der Waals surface area contributed by atoms with Crippen molar-refractivity contribution in [2.75, 3.05) is 0 Å². The second-order valence-corrected chi connectivity index (χ2v) is 6.10. The Kier molecular flexibility index (Phi) is 2.84. The molecule has 0 saturated carbocycles. The van der Waals surface area contributed by atoms with Gasteiger partial charge in [0, 0.05) is 11.5 Å². The summed E-state index contributed by atoms with van der Waals surface area (Å²) in [4.78, 5) is 11.7. The molecule has 0 aromatic carbocycles. The van der Waals surface area contributed by atoms with Crippen LogP contribution in [0.5, 0.6) is 0 Å². The first kappa shape index (κ1) is 12.9. The van der Waals surface area contributed by atoms with Gasteiger partial charge < -0.3 is 14.6 Å². The Morgan fingerprint density at radius 1 is 1.53 bits per heavy atom. The van der Waals surface area contributed by atoms with E-state index in [1.807, 2.05) is 19.9 Å². The predicted octanol–water partition coefficient (Wildman–Crippen LogP) is 1.73. The van der Waals surface area contributed by atoms with Gasteiger partial charge in [0.15, 0.2) is 0 Å². The predicted molar refractivity (Wildman–Crippen MR) is 69.4 cm³/mol. The van der Waals surface area contributed by atoms with E-state index in [4.69, 9.17) is 9.47 Å². The van der Waals surface area contributed by atoms with E-state index in [0.717, 1.165) is 12.8 Å². The molecule has 0 amide bonds. The van der Waals surface area contributed by atoms with Crippen molar-refractivity contribution in [2.24, 2.45) is 5.92 Å². The molecule has 0 radical (unpaired) electrons. The van der Waals surface area contributed by atoms with Crippen LogP contribution in [0, 0.1) is 5.92 Å². The number of aliphatic hydroxyl groups excluding tert-OH is 1. The number of hydrogen-bond donors (Lipinski definition) is 1. The minimum atomic E-state index is -0.581. The first-order valence-electron chi connectivity index (χ1n) is 6.85. The van der Waals surface area contributed by atoms with Crippen LogP contribution in [0.25, 0.3) is 0 Å². The Morgan fingerprint density at radius 3 is 3.00 bits per heavy atom. The van der Waals surface area contributed by atoms with Crippen LogP contribution in [0.15, 0.2) is 23.8 Å². The van der Waals surface area contributed by atoms with Gasteiger partial charge in [0.25, 0.3) is 0 Å². The van der Waals surface area contributed by atoms with Crippen molar-refractivity contribution in [2.45, 2.75) is 57.0 Å². The number of epoxide rings is 1. The first-order valence-corrected chi connectivity index (χ1v) is 6.85. The smallest absolute Gasteiger partial charge is 0.334 e. The molecule has 3 aliphatic rings. The molecule has 2 aliphatic heterocycles. The van der Waals surface area contributed by atoms with E-state index in [2.05, 4.69) is 6.58 Å². The average Bonchev–Trinajstić information content (AvgIpc) is 2.96. The fourth-order valence-corrected chi connectivity index (χ4v) is 3.17. The molecule has 5 atom stereocenters. The summed E-state index contributed by atoms with van der Waals surface area (Å²) in [5, 5.41) is 10.4. The van der Waals surface area contributed by atoms with Crippen molar-refractivity contribution in [3.63, 3.8) is 0 Å². The Hall–Kier alpha value is -1.13. The monoisotopic (exact) mass is 264 g/mol. The number of esters is 1. The fourth-order valence-electron chi connectivity index (χ4n) is 3.17. The van der Waals surface area contributed by atoms with Gasteiger partial charge in [-0.2, -0.15) is 0 Å². The Labute approximate surface area is 113 Å². The highest BCUT2D eigenvalue weighted by molar-refractivity contribution is 5.91. The lowest BCUT2D eigenvalue weighted by atomic mass is 9.83. The summed E-state index contributed by atoms with van der Waals surface area (Å²) >= 11 is 0. The maximum atomic E-state index is 11.7. The van der Waals surface area contributed by atoms with Crippen LogP contribution in [0.2, 0.25) is 0 Å². The van der Waals surface area contributed by atoms with E-state index in [1.165, 1.54) is 5.57 Å². The SMILES string of the molecule is C=C1C(=O)OC2C=C(C)CCC3OC3(C)C(O)CC12. The lowest BCUT2D eigenvalue weighted by Gasteiger charge is -2.23. The largest absolute Gasteiger partial charge is 0.454 e. The first-order chi connectivity index (χ1) is 8.91. The minimum Gasteiger partial charge on any atom is -0.454 e. The summed E-state index contributed by atoms with van der Waals surface area (Å²) in [6.45, 7) is 7.80. The molecule has 2 fully saturated rings. The fraction of sp³-hybridized carbons (Fsp3) is 0.667. The van der Waals surface area contributed by atoms with Crippen molar-refractivity contribution in [1.82, 2.24) is 0 Å². The third-order valence-electron chi connectivity index (χ3n) is 4.72. The zero-order valence-electron chi connectivity index (χ0n) is 11.4. The summed E-state index contributed by atoms with van der Waals surface area (Å²) in [7, 11) is 0. The number of allylic oxidation sites excluding steroid dienone is 1. The summed E-state index contributed by atoms with van der Waals surface area (Å²) < 4.78 is 11.0. The van der Waals surface area contributed by atoms with Gasteiger partial charge in [0.2, 0.25) is 0 Å². The van der Waals surface area contributed by atoms with Gasteiger partial charge in [-0.05, 0) is 39.2 Å². The average molecular weight is 264 g/mol. The molecule has 1 aliphatic carbocycles. The maximum Gasteiger partial charge on any atom is 0.334 e. The van der Waals surface area contributed by atoms with Crippen molar-refractivity contribution in [3.05, 3.63) is 23.8 Å². The van der Waals surface area contributed by atoms with Crippen LogP contribution < -0.4 is 0 Å². The van der Waals surface area contributed by atoms with Gasteiger partial charge in [0.05, 0.1) is 12.2 Å². The van der Waals surface area contributed by atoms with E-state index in [-0.39, 0.29) is 24.1 Å². The molecule has 3 rings (SSSR count). The molecule has 4 heteroatoms. The van der Waals surface area contributed by atoms with Gasteiger partial charge in [0.1, 0.15) is 11.7 Å². The summed E-state index contributed by atoms with van der Waals surface area (Å²) in [6.07, 6.45) is 3.53. The third kappa shape index (κ3) is 2.03. The van der Waals surface area contributed by atoms with Crippen LogP contribution in [0.1, 0.15) is 33.1 Å². The Bertz CT molecular complexity index is 467. The highest BCUT2D eigenvalue weighted by Gasteiger charge is 2.58. The van der Waals surface area contributed by atoms with Crippen molar-refractivity contribution < 1.29 is 19.4 Å². The molecule has 104 valence electrons. The van der Waals surface area contributed by atoms with Crippen LogP contribution in [0.4, 0.5) is 0 Å². The number of ether oxygens (including phenoxy) is 2. The molecule has 19 heavy (non-hydrogen) atoms. The summed E-state index contributed by atoms with van der Waals surface area (Å²) in [5.74, 6) is -0.485. The number of fused-ring (bicyclic) bond motifs is 2. The minimum absolute atomic E-state index is 0.119. The second-order valence-electron chi connectivity index (χ2n) is 6.10. The molecule has 2 saturated heterocycles. The van der Waals surface area contributed by atoms with Gasteiger partial charge in [-0.1, -0.05) is 12.2 Å². The van der Waals surface area contributed by atoms with E-state index in [9.17, 15) is 9.90 Å². The van der Waals surface area contributed by atoms with E-state index < -0.39 is 11.7 Å². The van der Waals surface area contributed by atoms with Crippen molar-refractivity contribution in [1.29, 1.82) is 0 Å². The second kappa shape index (κ2) is 4.18. The van der Waals surface area contributed by atoms with Crippen LogP contribution >= 0.6 is 0 Å². The van der Waals surface area contributed by atoms with Gasteiger partial charge in [-0.15, -0.1) is 0 Å². The molecule has 1 N–H and O–H groups in total. The highest BCUT2D eigenvalue weighted by Crippen LogP contribution is 2.46. The standard InChI is InChI=1S/C15H20O4/c1-8-4-5-13-15(3,19-13)12(16)7-10-9(2)14(17)18-11(10)6-8/h6,10-13,16H,2,4-5,7H2,1,3H3. The number of aliphatic hydroxyl groups is 1. The van der Waals surface area contributed by atoms with Gasteiger partial charge in [-0.3, -0.25) is 0 Å².